The van der Waals surface area contributed by atoms with Gasteiger partial charge >= 0.3 is 5.97 Å². The van der Waals surface area contributed by atoms with Crippen molar-refractivity contribution in [3.8, 4) is 0 Å². The fourth-order valence-electron chi connectivity index (χ4n) is 3.98. The molecule has 0 saturated carbocycles. The second kappa shape index (κ2) is 10.1. The van der Waals surface area contributed by atoms with Gasteiger partial charge in [0.1, 0.15) is 5.56 Å². The molecule has 2 amide bonds. The molecule has 34 heavy (non-hydrogen) atoms. The van der Waals surface area contributed by atoms with Gasteiger partial charge in [0.05, 0.1) is 17.9 Å². The summed E-state index contributed by atoms with van der Waals surface area (Å²) in [6.45, 7) is 4.19. The number of esters is 1. The highest BCUT2D eigenvalue weighted by Gasteiger charge is 2.23. The average molecular weight is 481 g/mol. The molecule has 1 fully saturated rings. The number of rotatable bonds is 7. The molecule has 0 atom stereocenters. The Bertz CT molecular complexity index is 1240. The summed E-state index contributed by atoms with van der Waals surface area (Å²) >= 11 is 6.24. The summed E-state index contributed by atoms with van der Waals surface area (Å²) in [7, 11) is 0. The minimum atomic E-state index is -0.613. The Kier molecular flexibility index (Phi) is 6.98. The molecule has 9 heteroatoms. The molecule has 0 bridgehead atoms. The zero-order valence-electron chi connectivity index (χ0n) is 19.0. The number of hydrogen-bond donors (Lipinski definition) is 1. The summed E-state index contributed by atoms with van der Waals surface area (Å²) in [6, 6.07) is 14.4. The molecule has 0 spiro atoms. The molecule has 1 N–H and O–H groups in total. The first-order valence-corrected chi connectivity index (χ1v) is 11.4. The molecule has 3 aromatic rings. The molecule has 2 heterocycles. The molecule has 0 aliphatic carbocycles. The third kappa shape index (κ3) is 5.12. The highest BCUT2D eigenvalue weighted by atomic mass is 35.5. The number of nitrogens with one attached hydrogen (secondary N) is 1. The van der Waals surface area contributed by atoms with E-state index in [0.29, 0.717) is 47.2 Å². The number of carbonyl (C=O) groups is 3. The fourth-order valence-corrected chi connectivity index (χ4v) is 4.18. The van der Waals surface area contributed by atoms with E-state index in [0.717, 1.165) is 17.7 Å². The zero-order valence-corrected chi connectivity index (χ0v) is 19.8. The Labute approximate surface area is 202 Å². The predicted molar refractivity (Wildman–Crippen MR) is 129 cm³/mol. The minimum Gasteiger partial charge on any atom is -0.452 e. The standard InChI is InChI=1S/C25H25ClN4O4/c1-16-24(17(2)30(28-16)14-18-6-3-4-7-21(18)26)25(33)34-15-22(31)27-19-9-11-20(12-10-19)29-13-5-8-23(29)32/h3-4,6-7,9-12H,5,8,13-15H2,1-2H3,(H,27,31). The lowest BCUT2D eigenvalue weighted by atomic mass is 10.2. The van der Waals surface area contributed by atoms with E-state index in [-0.39, 0.29) is 5.91 Å². The van der Waals surface area contributed by atoms with E-state index in [1.165, 1.54) is 0 Å². The van der Waals surface area contributed by atoms with Crippen LogP contribution in [0, 0.1) is 13.8 Å². The molecule has 8 nitrogen and oxygen atoms in total. The Morgan fingerprint density at radius 1 is 1.12 bits per heavy atom. The number of amides is 2. The summed E-state index contributed by atoms with van der Waals surface area (Å²) in [5.74, 6) is -0.972. The summed E-state index contributed by atoms with van der Waals surface area (Å²) in [5, 5.41) is 7.75. The lowest BCUT2D eigenvalue weighted by molar-refractivity contribution is -0.119. The number of aryl methyl sites for hydroxylation is 1. The molecule has 1 aliphatic heterocycles. The fraction of sp³-hybridized carbons (Fsp3) is 0.280. The van der Waals surface area contributed by atoms with E-state index in [4.69, 9.17) is 16.3 Å². The number of benzene rings is 2. The van der Waals surface area contributed by atoms with Crippen LogP contribution in [0.4, 0.5) is 11.4 Å². The number of carbonyl (C=O) groups excluding carboxylic acids is 3. The van der Waals surface area contributed by atoms with Crippen molar-refractivity contribution in [1.82, 2.24) is 9.78 Å². The third-order valence-electron chi connectivity index (χ3n) is 5.73. The number of hydrogen-bond acceptors (Lipinski definition) is 5. The van der Waals surface area contributed by atoms with E-state index in [9.17, 15) is 14.4 Å². The molecular formula is C25H25ClN4O4. The predicted octanol–water partition coefficient (Wildman–Crippen LogP) is 4.12. The summed E-state index contributed by atoms with van der Waals surface area (Å²) in [4.78, 5) is 38.6. The highest BCUT2D eigenvalue weighted by molar-refractivity contribution is 6.31. The molecule has 4 rings (SSSR count). The van der Waals surface area contributed by atoms with Crippen molar-refractivity contribution in [3.05, 3.63) is 76.1 Å². The van der Waals surface area contributed by atoms with Gasteiger partial charge in [0.2, 0.25) is 5.91 Å². The summed E-state index contributed by atoms with van der Waals surface area (Å²) < 4.78 is 6.94. The molecule has 0 unspecified atom stereocenters. The van der Waals surface area contributed by atoms with Gasteiger partial charge in [-0.05, 0) is 56.2 Å². The smallest absolute Gasteiger partial charge is 0.342 e. The van der Waals surface area contributed by atoms with E-state index in [1.54, 1.807) is 53.8 Å². The van der Waals surface area contributed by atoms with Crippen LogP contribution in [0.3, 0.4) is 0 Å². The van der Waals surface area contributed by atoms with Crippen LogP contribution in [-0.2, 0) is 20.9 Å². The van der Waals surface area contributed by atoms with Gasteiger partial charge in [0, 0.05) is 29.4 Å². The first-order valence-electron chi connectivity index (χ1n) is 11.0. The van der Waals surface area contributed by atoms with E-state index < -0.39 is 18.5 Å². The molecule has 2 aromatic carbocycles. The van der Waals surface area contributed by atoms with Gasteiger partial charge in [-0.2, -0.15) is 5.10 Å². The summed E-state index contributed by atoms with van der Waals surface area (Å²) in [6.07, 6.45) is 1.41. The molecule has 176 valence electrons. The van der Waals surface area contributed by atoms with Crippen LogP contribution < -0.4 is 10.2 Å². The SMILES string of the molecule is Cc1nn(Cc2ccccc2Cl)c(C)c1C(=O)OCC(=O)Nc1ccc(N2CCCC2=O)cc1. The molecule has 0 radical (unpaired) electrons. The Morgan fingerprint density at radius 3 is 2.53 bits per heavy atom. The second-order valence-corrected chi connectivity index (χ2v) is 8.52. The van der Waals surface area contributed by atoms with Gasteiger partial charge in [-0.1, -0.05) is 29.8 Å². The normalized spacial score (nSPS) is 13.3. The van der Waals surface area contributed by atoms with Gasteiger partial charge in [0.25, 0.3) is 5.91 Å². The minimum absolute atomic E-state index is 0.101. The molecule has 1 aliphatic rings. The number of ether oxygens (including phenoxy) is 1. The van der Waals surface area contributed by atoms with E-state index >= 15 is 0 Å². The average Bonchev–Trinajstić information content (AvgIpc) is 3.36. The van der Waals surface area contributed by atoms with Crippen molar-refractivity contribution in [3.63, 3.8) is 0 Å². The zero-order chi connectivity index (χ0) is 24.2. The molecular weight excluding hydrogens is 456 g/mol. The van der Waals surface area contributed by atoms with Crippen molar-refractivity contribution in [2.24, 2.45) is 0 Å². The first kappa shape index (κ1) is 23.5. The topological polar surface area (TPSA) is 93.5 Å². The monoisotopic (exact) mass is 480 g/mol. The Morgan fingerprint density at radius 2 is 1.85 bits per heavy atom. The van der Waals surface area contributed by atoms with Gasteiger partial charge in [-0.3, -0.25) is 14.3 Å². The number of anilines is 2. The highest BCUT2D eigenvalue weighted by Crippen LogP contribution is 2.23. The Balaban J connectivity index is 1.34. The Hall–Kier alpha value is -3.65. The van der Waals surface area contributed by atoms with Crippen LogP contribution in [0.2, 0.25) is 5.02 Å². The largest absolute Gasteiger partial charge is 0.452 e. The van der Waals surface area contributed by atoms with Crippen LogP contribution in [0.15, 0.2) is 48.5 Å². The van der Waals surface area contributed by atoms with Crippen LogP contribution in [0.25, 0.3) is 0 Å². The number of aromatic nitrogens is 2. The van der Waals surface area contributed by atoms with Crippen molar-refractivity contribution < 1.29 is 19.1 Å². The molecule has 1 saturated heterocycles. The second-order valence-electron chi connectivity index (χ2n) is 8.11. The maximum Gasteiger partial charge on any atom is 0.342 e. The maximum absolute atomic E-state index is 12.7. The van der Waals surface area contributed by atoms with Crippen LogP contribution >= 0.6 is 11.6 Å². The maximum atomic E-state index is 12.7. The number of nitrogens with zero attached hydrogens (tertiary/aromatic N) is 3. The lowest BCUT2D eigenvalue weighted by Gasteiger charge is -2.16. The third-order valence-corrected chi connectivity index (χ3v) is 6.10. The van der Waals surface area contributed by atoms with Crippen LogP contribution in [0.1, 0.15) is 40.2 Å². The van der Waals surface area contributed by atoms with Crippen LogP contribution in [-0.4, -0.2) is 40.7 Å². The van der Waals surface area contributed by atoms with Crippen molar-refractivity contribution in [2.75, 3.05) is 23.4 Å². The van der Waals surface area contributed by atoms with E-state index in [1.807, 2.05) is 18.2 Å². The lowest BCUT2D eigenvalue weighted by Crippen LogP contribution is -2.24. The molecule has 1 aromatic heterocycles. The van der Waals surface area contributed by atoms with Crippen LogP contribution in [0.5, 0.6) is 0 Å². The van der Waals surface area contributed by atoms with Gasteiger partial charge < -0.3 is 15.0 Å². The van der Waals surface area contributed by atoms with Crippen molar-refractivity contribution in [1.29, 1.82) is 0 Å². The summed E-state index contributed by atoms with van der Waals surface area (Å²) in [5.41, 5.74) is 3.72. The van der Waals surface area contributed by atoms with E-state index in [2.05, 4.69) is 10.4 Å². The van der Waals surface area contributed by atoms with Crippen molar-refractivity contribution >= 4 is 40.8 Å². The van der Waals surface area contributed by atoms with Gasteiger partial charge in [-0.15, -0.1) is 0 Å². The van der Waals surface area contributed by atoms with Gasteiger partial charge in [-0.25, -0.2) is 4.79 Å². The number of halogens is 1. The van der Waals surface area contributed by atoms with Gasteiger partial charge in [0.15, 0.2) is 6.61 Å². The van der Waals surface area contributed by atoms with Crippen molar-refractivity contribution in [2.45, 2.75) is 33.2 Å². The quantitative estimate of drug-likeness (QED) is 0.513. The first-order chi connectivity index (χ1) is 16.3.